The number of ether oxygens (including phenoxy) is 1. The van der Waals surface area contributed by atoms with Crippen LogP contribution in [0, 0.1) is 6.92 Å². The number of rotatable bonds is 6. The van der Waals surface area contributed by atoms with Crippen LogP contribution in [0.3, 0.4) is 0 Å². The van der Waals surface area contributed by atoms with Gasteiger partial charge in [0.05, 0.1) is 18.7 Å². The Kier molecular flexibility index (Phi) is 6.99. The zero-order chi connectivity index (χ0) is 21.6. The summed E-state index contributed by atoms with van der Waals surface area (Å²) in [7, 11) is 0. The van der Waals surface area contributed by atoms with Crippen molar-refractivity contribution >= 4 is 39.7 Å². The number of nitrogens with one attached hydrogen (secondary N) is 2. The molecule has 31 heavy (non-hydrogen) atoms. The number of morpholine rings is 1. The lowest BCUT2D eigenvalue weighted by Crippen LogP contribution is -2.36. The van der Waals surface area contributed by atoms with E-state index < -0.39 is 0 Å². The number of pyridine rings is 1. The Morgan fingerprint density at radius 2 is 1.90 bits per heavy atom. The fourth-order valence-corrected chi connectivity index (χ4v) is 4.22. The average molecular weight is 435 g/mol. The monoisotopic (exact) mass is 434 g/mol. The van der Waals surface area contributed by atoms with Gasteiger partial charge in [-0.1, -0.05) is 30.3 Å². The van der Waals surface area contributed by atoms with Crippen LogP contribution in [-0.4, -0.2) is 42.4 Å². The van der Waals surface area contributed by atoms with Crippen molar-refractivity contribution in [3.8, 4) is 0 Å². The summed E-state index contributed by atoms with van der Waals surface area (Å²) in [5.41, 5.74) is 4.54. The van der Waals surface area contributed by atoms with Gasteiger partial charge in [-0.05, 0) is 74.3 Å². The van der Waals surface area contributed by atoms with Crippen molar-refractivity contribution < 1.29 is 4.74 Å². The minimum Gasteiger partial charge on any atom is -0.378 e. The molecule has 2 aromatic carbocycles. The van der Waals surface area contributed by atoms with Crippen molar-refractivity contribution in [3.05, 3.63) is 65.7 Å². The van der Waals surface area contributed by atoms with Gasteiger partial charge in [-0.25, -0.2) is 4.98 Å². The Bertz CT molecular complexity index is 1030. The highest BCUT2D eigenvalue weighted by Gasteiger charge is 2.14. The Hall–Kier alpha value is -2.70. The number of hydrogen-bond acceptors (Lipinski definition) is 4. The van der Waals surface area contributed by atoms with Crippen molar-refractivity contribution in [1.82, 2.24) is 10.3 Å². The molecule has 0 amide bonds. The second-order valence-electron chi connectivity index (χ2n) is 8.15. The fraction of sp³-hybridized carbons (Fsp3) is 0.360. The molecule has 0 unspecified atom stereocenters. The molecule has 0 bridgehead atoms. The van der Waals surface area contributed by atoms with E-state index in [-0.39, 0.29) is 0 Å². The summed E-state index contributed by atoms with van der Waals surface area (Å²) in [4.78, 5) is 7.17. The number of aromatic nitrogens is 1. The topological polar surface area (TPSA) is 49.4 Å². The van der Waals surface area contributed by atoms with Crippen LogP contribution in [-0.2, 0) is 11.2 Å². The molecule has 0 spiro atoms. The number of hydrogen-bond donors (Lipinski definition) is 2. The van der Waals surface area contributed by atoms with E-state index in [2.05, 4.69) is 77.9 Å². The highest BCUT2D eigenvalue weighted by Crippen LogP contribution is 2.26. The molecule has 6 heteroatoms. The van der Waals surface area contributed by atoms with Crippen molar-refractivity contribution in [2.45, 2.75) is 32.7 Å². The number of nitrogens with zero attached hydrogens (tertiary/aromatic N) is 2. The van der Waals surface area contributed by atoms with Gasteiger partial charge in [0.15, 0.2) is 5.11 Å². The van der Waals surface area contributed by atoms with Gasteiger partial charge in [0.2, 0.25) is 0 Å². The summed E-state index contributed by atoms with van der Waals surface area (Å²) >= 11 is 5.55. The fourth-order valence-electron chi connectivity index (χ4n) is 3.90. The molecule has 1 aliphatic rings. The quantitative estimate of drug-likeness (QED) is 0.549. The maximum absolute atomic E-state index is 5.55. The second kappa shape index (κ2) is 10.1. The third-order valence-electron chi connectivity index (χ3n) is 5.68. The standard InChI is InChI=1S/C25H30N4OS/c1-18-16-24(29-12-14-30-15-13-29)28-23-11-10-21(17-22(18)23)27-25(31)26-19(2)8-9-20-6-4-3-5-7-20/h3-7,10-11,16-17,19H,8-9,12-15H2,1-2H3,(H2,26,27,31)/t19-/m1/s1. The normalized spacial score (nSPS) is 15.0. The van der Waals surface area contributed by atoms with E-state index in [1.807, 2.05) is 6.07 Å². The van der Waals surface area contributed by atoms with E-state index in [1.54, 1.807) is 0 Å². The van der Waals surface area contributed by atoms with Crippen LogP contribution < -0.4 is 15.5 Å². The predicted octanol–water partition coefficient (Wildman–Crippen LogP) is 4.69. The lowest BCUT2D eigenvalue weighted by molar-refractivity contribution is 0.122. The molecule has 0 radical (unpaired) electrons. The molecule has 2 heterocycles. The van der Waals surface area contributed by atoms with Crippen molar-refractivity contribution in [1.29, 1.82) is 0 Å². The van der Waals surface area contributed by atoms with Crippen LogP contribution in [0.15, 0.2) is 54.6 Å². The van der Waals surface area contributed by atoms with Crippen LogP contribution in [0.1, 0.15) is 24.5 Å². The molecule has 162 valence electrons. The van der Waals surface area contributed by atoms with E-state index in [0.29, 0.717) is 11.2 Å². The number of thiocarbonyl (C=S) groups is 1. The molecule has 1 saturated heterocycles. The zero-order valence-corrected chi connectivity index (χ0v) is 19.0. The van der Waals surface area contributed by atoms with Gasteiger partial charge in [0.1, 0.15) is 5.82 Å². The van der Waals surface area contributed by atoms with E-state index in [0.717, 1.165) is 61.6 Å². The highest BCUT2D eigenvalue weighted by molar-refractivity contribution is 7.80. The van der Waals surface area contributed by atoms with Crippen LogP contribution in [0.4, 0.5) is 11.5 Å². The molecule has 0 aliphatic carbocycles. The number of fused-ring (bicyclic) bond motifs is 1. The van der Waals surface area contributed by atoms with Gasteiger partial charge in [-0.2, -0.15) is 0 Å². The summed E-state index contributed by atoms with van der Waals surface area (Å²) in [6.07, 6.45) is 2.06. The van der Waals surface area contributed by atoms with Crippen molar-refractivity contribution in [2.75, 3.05) is 36.5 Å². The first-order valence-electron chi connectivity index (χ1n) is 10.9. The molecule has 1 aliphatic heterocycles. The highest BCUT2D eigenvalue weighted by atomic mass is 32.1. The first-order valence-corrected chi connectivity index (χ1v) is 11.3. The summed E-state index contributed by atoms with van der Waals surface area (Å²) in [5, 5.41) is 8.52. The Morgan fingerprint density at radius 1 is 1.13 bits per heavy atom. The Balaban J connectivity index is 1.37. The molecule has 1 aromatic heterocycles. The molecule has 5 nitrogen and oxygen atoms in total. The Labute approximate surface area is 189 Å². The van der Waals surface area contributed by atoms with Crippen LogP contribution in [0.25, 0.3) is 10.9 Å². The minimum atomic E-state index is 0.292. The summed E-state index contributed by atoms with van der Waals surface area (Å²) in [5.74, 6) is 1.03. The van der Waals surface area contributed by atoms with Gasteiger partial charge in [-0.3, -0.25) is 0 Å². The predicted molar refractivity (Wildman–Crippen MR) is 133 cm³/mol. The lowest BCUT2D eigenvalue weighted by atomic mass is 10.1. The maximum Gasteiger partial charge on any atom is 0.170 e. The van der Waals surface area contributed by atoms with E-state index in [9.17, 15) is 0 Å². The third kappa shape index (κ3) is 5.71. The van der Waals surface area contributed by atoms with Crippen LogP contribution in [0.5, 0.6) is 0 Å². The average Bonchev–Trinajstić information content (AvgIpc) is 2.79. The number of anilines is 2. The zero-order valence-electron chi connectivity index (χ0n) is 18.2. The van der Waals surface area contributed by atoms with Crippen LogP contribution >= 0.6 is 12.2 Å². The minimum absolute atomic E-state index is 0.292. The summed E-state index contributed by atoms with van der Waals surface area (Å²) in [6, 6.07) is 19.2. The van der Waals surface area contributed by atoms with Crippen molar-refractivity contribution in [2.24, 2.45) is 0 Å². The van der Waals surface area contributed by atoms with Gasteiger partial charge < -0.3 is 20.3 Å². The first kappa shape index (κ1) is 21.5. The molecule has 4 rings (SSSR count). The van der Waals surface area contributed by atoms with Gasteiger partial charge in [0.25, 0.3) is 0 Å². The molecule has 1 fully saturated rings. The molecular weight excluding hydrogens is 404 g/mol. The van der Waals surface area contributed by atoms with E-state index >= 15 is 0 Å². The van der Waals surface area contributed by atoms with Gasteiger partial charge in [-0.15, -0.1) is 0 Å². The largest absolute Gasteiger partial charge is 0.378 e. The molecule has 2 N–H and O–H groups in total. The SMILES string of the molecule is Cc1cc(N2CCOCC2)nc2ccc(NC(=S)N[C@H](C)CCc3ccccc3)cc12. The van der Waals surface area contributed by atoms with Crippen molar-refractivity contribution in [3.63, 3.8) is 0 Å². The molecule has 3 aromatic rings. The number of benzene rings is 2. The smallest absolute Gasteiger partial charge is 0.170 e. The third-order valence-corrected chi connectivity index (χ3v) is 5.90. The Morgan fingerprint density at radius 3 is 2.68 bits per heavy atom. The maximum atomic E-state index is 5.55. The second-order valence-corrected chi connectivity index (χ2v) is 8.56. The summed E-state index contributed by atoms with van der Waals surface area (Å²) in [6.45, 7) is 7.60. The van der Waals surface area contributed by atoms with Gasteiger partial charge in [0, 0.05) is 30.2 Å². The molecular formula is C25H30N4OS. The molecule has 1 atom stereocenters. The van der Waals surface area contributed by atoms with Gasteiger partial charge >= 0.3 is 0 Å². The van der Waals surface area contributed by atoms with E-state index in [1.165, 1.54) is 11.1 Å². The first-order chi connectivity index (χ1) is 15.1. The van der Waals surface area contributed by atoms with Crippen LogP contribution in [0.2, 0.25) is 0 Å². The summed E-state index contributed by atoms with van der Waals surface area (Å²) < 4.78 is 5.46. The lowest BCUT2D eigenvalue weighted by Gasteiger charge is -2.28. The number of aryl methyl sites for hydroxylation is 2. The molecule has 0 saturated carbocycles. The van der Waals surface area contributed by atoms with E-state index in [4.69, 9.17) is 21.9 Å².